The van der Waals surface area contributed by atoms with Crippen molar-refractivity contribution in [3.63, 3.8) is 0 Å². The fourth-order valence-electron chi connectivity index (χ4n) is 3.92. The second-order valence-corrected chi connectivity index (χ2v) is 7.63. The van der Waals surface area contributed by atoms with Crippen molar-refractivity contribution in [1.29, 1.82) is 0 Å². The monoisotopic (exact) mass is 305 g/mol. The summed E-state index contributed by atoms with van der Waals surface area (Å²) in [5.41, 5.74) is 0.689. The van der Waals surface area contributed by atoms with E-state index in [1.807, 2.05) is 5.38 Å². The molecule has 0 unspecified atom stereocenters. The molecule has 2 saturated heterocycles. The molecule has 3 fully saturated rings. The Balaban J connectivity index is 1.51. The number of carbonyl (C=O) groups is 1. The van der Waals surface area contributed by atoms with E-state index in [-0.39, 0.29) is 5.91 Å². The average Bonchev–Trinajstić information content (AvgIpc) is 2.93. The van der Waals surface area contributed by atoms with E-state index >= 15 is 0 Å². The van der Waals surface area contributed by atoms with Crippen LogP contribution in [0.15, 0.2) is 5.38 Å². The molecule has 1 aromatic rings. The molecule has 1 amide bonds. The summed E-state index contributed by atoms with van der Waals surface area (Å²) >= 11 is 1.67. The number of amides is 1. The molecule has 3 heterocycles. The molecule has 3 aliphatic rings. The number of likely N-dealkylation sites (N-methyl/N-ethyl adjacent to an activating group) is 1. The highest BCUT2D eigenvalue weighted by Gasteiger charge is 2.39. The van der Waals surface area contributed by atoms with Gasteiger partial charge in [-0.05, 0) is 52.1 Å². The minimum Gasteiger partial charge on any atom is -0.333 e. The Bertz CT molecular complexity index is 539. The van der Waals surface area contributed by atoms with Gasteiger partial charge in [-0.3, -0.25) is 4.79 Å². The van der Waals surface area contributed by atoms with Crippen molar-refractivity contribution in [1.82, 2.24) is 14.8 Å². The predicted molar refractivity (Wildman–Crippen MR) is 83.8 cm³/mol. The zero-order valence-corrected chi connectivity index (χ0v) is 13.4. The second-order valence-electron chi connectivity index (χ2n) is 6.74. The van der Waals surface area contributed by atoms with Gasteiger partial charge in [-0.25, -0.2) is 4.98 Å². The SMILES string of the molecule is CN1CCC[C@H]1[C@H]1CCCN1C(=O)c1csc(C2CC2)n1. The maximum absolute atomic E-state index is 12.8. The Labute approximate surface area is 130 Å². The summed E-state index contributed by atoms with van der Waals surface area (Å²) in [5.74, 6) is 0.813. The zero-order valence-electron chi connectivity index (χ0n) is 12.6. The summed E-state index contributed by atoms with van der Waals surface area (Å²) in [6.45, 7) is 2.08. The molecule has 21 heavy (non-hydrogen) atoms. The van der Waals surface area contributed by atoms with E-state index in [4.69, 9.17) is 0 Å². The maximum atomic E-state index is 12.8. The molecule has 1 aliphatic carbocycles. The van der Waals surface area contributed by atoms with Crippen molar-refractivity contribution in [2.24, 2.45) is 0 Å². The van der Waals surface area contributed by atoms with Crippen LogP contribution >= 0.6 is 11.3 Å². The summed E-state index contributed by atoms with van der Waals surface area (Å²) in [4.78, 5) is 22.0. The lowest BCUT2D eigenvalue weighted by Crippen LogP contribution is -2.47. The molecular weight excluding hydrogens is 282 g/mol. The molecule has 0 spiro atoms. The van der Waals surface area contributed by atoms with Crippen molar-refractivity contribution in [3.05, 3.63) is 16.1 Å². The standard InChI is InChI=1S/C16H23N3OS/c1-18-8-2-4-13(18)14-5-3-9-19(14)16(20)12-10-21-15(17-12)11-6-7-11/h10-11,13-14H,2-9H2,1H3/t13-,14+/m0/s1. The Kier molecular flexibility index (Phi) is 3.50. The maximum Gasteiger partial charge on any atom is 0.273 e. The first-order valence-electron chi connectivity index (χ1n) is 8.20. The van der Waals surface area contributed by atoms with Crippen LogP contribution in [0.4, 0.5) is 0 Å². The van der Waals surface area contributed by atoms with Crippen LogP contribution in [0.2, 0.25) is 0 Å². The van der Waals surface area contributed by atoms with E-state index in [1.54, 1.807) is 11.3 Å². The van der Waals surface area contributed by atoms with Gasteiger partial charge in [0, 0.05) is 29.9 Å². The normalized spacial score (nSPS) is 30.2. The van der Waals surface area contributed by atoms with Gasteiger partial charge in [-0.2, -0.15) is 0 Å². The highest BCUT2D eigenvalue weighted by atomic mass is 32.1. The highest BCUT2D eigenvalue weighted by molar-refractivity contribution is 7.10. The van der Waals surface area contributed by atoms with E-state index in [0.29, 0.717) is 23.7 Å². The van der Waals surface area contributed by atoms with E-state index in [9.17, 15) is 4.79 Å². The third kappa shape index (κ3) is 2.50. The fourth-order valence-corrected chi connectivity index (χ4v) is 4.88. The van der Waals surface area contributed by atoms with E-state index < -0.39 is 0 Å². The summed E-state index contributed by atoms with van der Waals surface area (Å²) < 4.78 is 0. The van der Waals surface area contributed by atoms with Gasteiger partial charge in [-0.1, -0.05) is 0 Å². The number of nitrogens with zero attached hydrogens (tertiary/aromatic N) is 3. The van der Waals surface area contributed by atoms with Gasteiger partial charge < -0.3 is 9.80 Å². The third-order valence-electron chi connectivity index (χ3n) is 5.25. The topological polar surface area (TPSA) is 36.4 Å². The number of hydrogen-bond donors (Lipinski definition) is 0. The van der Waals surface area contributed by atoms with Gasteiger partial charge in [0.2, 0.25) is 0 Å². The van der Waals surface area contributed by atoms with Crippen LogP contribution in [0, 0.1) is 0 Å². The van der Waals surface area contributed by atoms with Crippen molar-refractivity contribution in [3.8, 4) is 0 Å². The van der Waals surface area contributed by atoms with Crippen LogP contribution in [0.3, 0.4) is 0 Å². The smallest absolute Gasteiger partial charge is 0.273 e. The summed E-state index contributed by atoms with van der Waals surface area (Å²) in [6, 6.07) is 0.953. The lowest BCUT2D eigenvalue weighted by Gasteiger charge is -2.32. The van der Waals surface area contributed by atoms with Gasteiger partial charge in [0.1, 0.15) is 5.69 Å². The van der Waals surface area contributed by atoms with Gasteiger partial charge in [0.15, 0.2) is 0 Å². The van der Waals surface area contributed by atoms with Crippen molar-refractivity contribution in [2.45, 2.75) is 56.5 Å². The largest absolute Gasteiger partial charge is 0.333 e. The molecule has 1 aromatic heterocycles. The van der Waals surface area contributed by atoms with E-state index in [2.05, 4.69) is 21.8 Å². The summed E-state index contributed by atoms with van der Waals surface area (Å²) in [7, 11) is 2.20. The van der Waals surface area contributed by atoms with Crippen LogP contribution in [0.5, 0.6) is 0 Å². The van der Waals surface area contributed by atoms with E-state index in [0.717, 1.165) is 19.4 Å². The number of hydrogen-bond acceptors (Lipinski definition) is 4. The molecule has 5 heteroatoms. The Morgan fingerprint density at radius 3 is 2.67 bits per heavy atom. The molecular formula is C16H23N3OS. The molecule has 4 rings (SSSR count). The minimum absolute atomic E-state index is 0.168. The van der Waals surface area contributed by atoms with Crippen LogP contribution in [0.25, 0.3) is 0 Å². The number of thiazole rings is 1. The number of likely N-dealkylation sites (tertiary alicyclic amines) is 2. The van der Waals surface area contributed by atoms with Gasteiger partial charge in [-0.15, -0.1) is 11.3 Å². The van der Waals surface area contributed by atoms with Gasteiger partial charge in [0.25, 0.3) is 5.91 Å². The average molecular weight is 305 g/mol. The number of carbonyl (C=O) groups excluding carboxylic acids is 1. The Hall–Kier alpha value is -0.940. The molecule has 0 aromatic carbocycles. The molecule has 114 valence electrons. The van der Waals surface area contributed by atoms with Crippen molar-refractivity contribution in [2.75, 3.05) is 20.1 Å². The third-order valence-corrected chi connectivity index (χ3v) is 6.26. The van der Waals surface area contributed by atoms with Crippen LogP contribution < -0.4 is 0 Å². The lowest BCUT2D eigenvalue weighted by atomic mass is 10.0. The molecule has 0 radical (unpaired) electrons. The van der Waals surface area contributed by atoms with Crippen LogP contribution in [-0.2, 0) is 0 Å². The lowest BCUT2D eigenvalue weighted by molar-refractivity contribution is 0.0659. The zero-order chi connectivity index (χ0) is 14.4. The Morgan fingerprint density at radius 1 is 1.19 bits per heavy atom. The first-order chi connectivity index (χ1) is 10.2. The predicted octanol–water partition coefficient (Wildman–Crippen LogP) is 2.72. The van der Waals surface area contributed by atoms with Crippen molar-refractivity contribution < 1.29 is 4.79 Å². The minimum atomic E-state index is 0.168. The van der Waals surface area contributed by atoms with Crippen LogP contribution in [0.1, 0.15) is 59.9 Å². The van der Waals surface area contributed by atoms with Crippen LogP contribution in [-0.4, -0.2) is 52.9 Å². The number of aromatic nitrogens is 1. The van der Waals surface area contributed by atoms with E-state index in [1.165, 1.54) is 37.2 Å². The Morgan fingerprint density at radius 2 is 1.95 bits per heavy atom. The quantitative estimate of drug-likeness (QED) is 0.861. The van der Waals surface area contributed by atoms with Gasteiger partial charge >= 0.3 is 0 Å². The molecule has 0 N–H and O–H groups in total. The van der Waals surface area contributed by atoms with Crippen molar-refractivity contribution >= 4 is 17.2 Å². The molecule has 2 atom stereocenters. The summed E-state index contributed by atoms with van der Waals surface area (Å²) in [5, 5.41) is 3.15. The molecule has 4 nitrogen and oxygen atoms in total. The highest BCUT2D eigenvalue weighted by Crippen LogP contribution is 2.41. The fraction of sp³-hybridized carbons (Fsp3) is 0.750. The molecule has 0 bridgehead atoms. The van der Waals surface area contributed by atoms with Gasteiger partial charge in [0.05, 0.1) is 5.01 Å². The molecule has 2 aliphatic heterocycles. The second kappa shape index (κ2) is 5.36. The summed E-state index contributed by atoms with van der Waals surface area (Å²) in [6.07, 6.45) is 7.29. The molecule has 1 saturated carbocycles. The number of rotatable bonds is 3. The first kappa shape index (κ1) is 13.7. The first-order valence-corrected chi connectivity index (χ1v) is 9.08.